The van der Waals surface area contributed by atoms with Gasteiger partial charge in [0.1, 0.15) is 0 Å². The van der Waals surface area contributed by atoms with Crippen molar-refractivity contribution in [3.05, 3.63) is 29.6 Å². The zero-order valence-electron chi connectivity index (χ0n) is 8.82. The van der Waals surface area contributed by atoms with Crippen LogP contribution in [0.1, 0.15) is 23.0 Å². The van der Waals surface area contributed by atoms with Crippen molar-refractivity contribution in [3.63, 3.8) is 0 Å². The standard InChI is InChI=1S/C11H13N3O/c1-8(6-12)7-14-11(15)10-4-3-5-13-9(10)2/h3-5,8H,7H2,1-2H3,(H,14,15). The molecule has 4 nitrogen and oxygen atoms in total. The Morgan fingerprint density at radius 1 is 1.73 bits per heavy atom. The molecule has 4 heteroatoms. The number of nitrogens with one attached hydrogen (secondary N) is 1. The van der Waals surface area contributed by atoms with Gasteiger partial charge in [-0.15, -0.1) is 0 Å². The first-order chi connectivity index (χ1) is 7.15. The van der Waals surface area contributed by atoms with Gasteiger partial charge in [0.15, 0.2) is 0 Å². The minimum atomic E-state index is -0.178. The Hall–Kier alpha value is -1.89. The Balaban J connectivity index is 2.63. The Bertz CT molecular complexity index is 395. The lowest BCUT2D eigenvalue weighted by molar-refractivity contribution is 0.0949. The van der Waals surface area contributed by atoms with Crippen LogP contribution in [0.2, 0.25) is 0 Å². The molecule has 0 spiro atoms. The van der Waals surface area contributed by atoms with E-state index in [1.165, 1.54) is 0 Å². The van der Waals surface area contributed by atoms with E-state index in [9.17, 15) is 4.79 Å². The van der Waals surface area contributed by atoms with Crippen LogP contribution in [0, 0.1) is 24.2 Å². The topological polar surface area (TPSA) is 65.8 Å². The van der Waals surface area contributed by atoms with Crippen LogP contribution in [-0.2, 0) is 0 Å². The fraction of sp³-hybridized carbons (Fsp3) is 0.364. The second kappa shape index (κ2) is 5.11. The molecule has 78 valence electrons. The monoisotopic (exact) mass is 203 g/mol. The lowest BCUT2D eigenvalue weighted by Gasteiger charge is -2.07. The number of rotatable bonds is 3. The maximum atomic E-state index is 11.6. The van der Waals surface area contributed by atoms with Gasteiger partial charge in [-0.3, -0.25) is 9.78 Å². The average Bonchev–Trinajstić information content (AvgIpc) is 2.26. The van der Waals surface area contributed by atoms with Gasteiger partial charge in [0.2, 0.25) is 0 Å². The third kappa shape index (κ3) is 3.06. The van der Waals surface area contributed by atoms with Crippen molar-refractivity contribution in [3.8, 4) is 6.07 Å². The molecule has 0 bridgehead atoms. The van der Waals surface area contributed by atoms with Crippen molar-refractivity contribution in [1.82, 2.24) is 10.3 Å². The van der Waals surface area contributed by atoms with E-state index in [0.717, 1.165) is 0 Å². The summed E-state index contributed by atoms with van der Waals surface area (Å²) in [5, 5.41) is 11.2. The Kier molecular flexibility index (Phi) is 3.81. The second-order valence-electron chi connectivity index (χ2n) is 3.38. The highest BCUT2D eigenvalue weighted by atomic mass is 16.1. The summed E-state index contributed by atoms with van der Waals surface area (Å²) < 4.78 is 0. The van der Waals surface area contributed by atoms with Gasteiger partial charge in [0.25, 0.3) is 5.91 Å². The molecule has 1 unspecified atom stereocenters. The summed E-state index contributed by atoms with van der Waals surface area (Å²) in [6, 6.07) is 5.49. The normalized spacial score (nSPS) is 11.5. The highest BCUT2D eigenvalue weighted by molar-refractivity contribution is 5.95. The molecule has 1 amide bonds. The number of nitrogens with zero attached hydrogens (tertiary/aromatic N) is 2. The summed E-state index contributed by atoms with van der Waals surface area (Å²) in [7, 11) is 0. The summed E-state index contributed by atoms with van der Waals surface area (Å²) in [6.07, 6.45) is 1.64. The van der Waals surface area contributed by atoms with E-state index in [1.54, 1.807) is 32.2 Å². The molecular weight excluding hydrogens is 190 g/mol. The van der Waals surface area contributed by atoms with Gasteiger partial charge < -0.3 is 5.32 Å². The highest BCUT2D eigenvalue weighted by Gasteiger charge is 2.09. The zero-order valence-corrected chi connectivity index (χ0v) is 8.82. The first-order valence-electron chi connectivity index (χ1n) is 4.74. The fourth-order valence-electron chi connectivity index (χ4n) is 1.11. The number of carbonyl (C=O) groups is 1. The van der Waals surface area contributed by atoms with Crippen molar-refractivity contribution in [2.45, 2.75) is 13.8 Å². The number of aromatic nitrogens is 1. The van der Waals surface area contributed by atoms with E-state index in [0.29, 0.717) is 17.8 Å². The van der Waals surface area contributed by atoms with Crippen LogP contribution >= 0.6 is 0 Å². The molecule has 0 aliphatic rings. The summed E-state index contributed by atoms with van der Waals surface area (Å²) >= 11 is 0. The highest BCUT2D eigenvalue weighted by Crippen LogP contribution is 2.03. The molecule has 0 saturated carbocycles. The lowest BCUT2D eigenvalue weighted by Crippen LogP contribution is -2.28. The molecule has 1 N–H and O–H groups in total. The first-order valence-corrected chi connectivity index (χ1v) is 4.74. The van der Waals surface area contributed by atoms with Gasteiger partial charge in [-0.05, 0) is 26.0 Å². The summed E-state index contributed by atoms with van der Waals surface area (Å²) in [5.74, 6) is -0.353. The smallest absolute Gasteiger partial charge is 0.253 e. The van der Waals surface area contributed by atoms with Gasteiger partial charge in [0.05, 0.1) is 17.6 Å². The number of pyridine rings is 1. The summed E-state index contributed by atoms with van der Waals surface area (Å²) in [5.41, 5.74) is 1.25. The molecule has 1 rings (SSSR count). The fourth-order valence-corrected chi connectivity index (χ4v) is 1.11. The molecule has 1 aromatic rings. The van der Waals surface area contributed by atoms with Gasteiger partial charge in [-0.2, -0.15) is 5.26 Å². The predicted octanol–water partition coefficient (Wildman–Crippen LogP) is 1.28. The minimum Gasteiger partial charge on any atom is -0.351 e. The molecule has 15 heavy (non-hydrogen) atoms. The summed E-state index contributed by atoms with van der Waals surface area (Å²) in [4.78, 5) is 15.6. The SMILES string of the molecule is Cc1ncccc1C(=O)NCC(C)C#N. The Labute approximate surface area is 88.9 Å². The molecular formula is C11H13N3O. The number of hydrogen-bond donors (Lipinski definition) is 1. The van der Waals surface area contributed by atoms with E-state index < -0.39 is 0 Å². The van der Waals surface area contributed by atoms with Gasteiger partial charge >= 0.3 is 0 Å². The molecule has 0 saturated heterocycles. The molecule has 1 aromatic heterocycles. The van der Waals surface area contributed by atoms with Crippen molar-refractivity contribution < 1.29 is 4.79 Å². The van der Waals surface area contributed by atoms with Crippen LogP contribution in [0.3, 0.4) is 0 Å². The molecule has 0 fully saturated rings. The first kappa shape index (κ1) is 11.2. The van der Waals surface area contributed by atoms with E-state index in [4.69, 9.17) is 5.26 Å². The zero-order chi connectivity index (χ0) is 11.3. The molecule has 1 heterocycles. The maximum Gasteiger partial charge on any atom is 0.253 e. The van der Waals surface area contributed by atoms with Crippen molar-refractivity contribution in [2.75, 3.05) is 6.54 Å². The average molecular weight is 203 g/mol. The largest absolute Gasteiger partial charge is 0.351 e. The van der Waals surface area contributed by atoms with Crippen LogP contribution in [0.5, 0.6) is 0 Å². The van der Waals surface area contributed by atoms with E-state index in [1.807, 2.05) is 0 Å². The van der Waals surface area contributed by atoms with Crippen LogP contribution in [0.25, 0.3) is 0 Å². The number of carbonyl (C=O) groups excluding carboxylic acids is 1. The molecule has 0 aromatic carbocycles. The molecule has 0 radical (unpaired) electrons. The van der Waals surface area contributed by atoms with E-state index in [2.05, 4.69) is 16.4 Å². The summed E-state index contributed by atoms with van der Waals surface area (Å²) in [6.45, 7) is 3.91. The third-order valence-electron chi connectivity index (χ3n) is 2.04. The van der Waals surface area contributed by atoms with E-state index >= 15 is 0 Å². The molecule has 1 atom stereocenters. The van der Waals surface area contributed by atoms with Crippen molar-refractivity contribution >= 4 is 5.91 Å². The third-order valence-corrected chi connectivity index (χ3v) is 2.04. The minimum absolute atomic E-state index is 0.175. The van der Waals surface area contributed by atoms with Crippen LogP contribution in [0.15, 0.2) is 18.3 Å². The Morgan fingerprint density at radius 2 is 2.47 bits per heavy atom. The molecule has 0 aliphatic carbocycles. The van der Waals surface area contributed by atoms with Crippen LogP contribution in [0.4, 0.5) is 0 Å². The predicted molar refractivity (Wildman–Crippen MR) is 56.1 cm³/mol. The number of amides is 1. The molecule has 0 aliphatic heterocycles. The Morgan fingerprint density at radius 3 is 3.07 bits per heavy atom. The van der Waals surface area contributed by atoms with Crippen LogP contribution < -0.4 is 5.32 Å². The number of nitriles is 1. The van der Waals surface area contributed by atoms with Crippen LogP contribution in [-0.4, -0.2) is 17.4 Å². The van der Waals surface area contributed by atoms with Crippen molar-refractivity contribution in [2.24, 2.45) is 5.92 Å². The quantitative estimate of drug-likeness (QED) is 0.804. The van der Waals surface area contributed by atoms with Gasteiger partial charge in [0, 0.05) is 18.4 Å². The number of hydrogen-bond acceptors (Lipinski definition) is 3. The van der Waals surface area contributed by atoms with Gasteiger partial charge in [-0.1, -0.05) is 0 Å². The maximum absolute atomic E-state index is 11.6. The number of aryl methyl sites for hydroxylation is 1. The lowest BCUT2D eigenvalue weighted by atomic mass is 10.1. The van der Waals surface area contributed by atoms with E-state index in [-0.39, 0.29) is 11.8 Å². The van der Waals surface area contributed by atoms with Gasteiger partial charge in [-0.25, -0.2) is 0 Å². The van der Waals surface area contributed by atoms with Crippen molar-refractivity contribution in [1.29, 1.82) is 5.26 Å². The second-order valence-corrected chi connectivity index (χ2v) is 3.38.